The molecule has 0 spiro atoms. The molecule has 2 amide bonds. The quantitative estimate of drug-likeness (QED) is 0.0252. The SMILES string of the molecule is CCOCCN(CCOCC)C(=O)c1ccc(Sc2cccc3c2-c2nc-3nc3[n-]c(nc4nc(nc5[n-]c(n2)c2cccc(Sc6ccc(C(=O)N(CCOCC)CCOCC)cc6)c52)-c2cncc(Sc5ccc(C=O)cc5)c2-4)c2cccc(Sc4ccc(C=O)cc4)c32)cc1.[Cu+2]. The summed E-state index contributed by atoms with van der Waals surface area (Å²) in [6.07, 6.45) is 5.14. The van der Waals surface area contributed by atoms with E-state index < -0.39 is 0 Å². The first-order valence-corrected chi connectivity index (χ1v) is 35.4. The van der Waals surface area contributed by atoms with E-state index in [9.17, 15) is 19.2 Å². The van der Waals surface area contributed by atoms with Crippen LogP contribution >= 0.6 is 47.0 Å². The van der Waals surface area contributed by atoms with E-state index in [2.05, 4.69) is 0 Å². The number of ether oxygens (including phenoxy) is 4. The molecule has 0 unspecified atom stereocenters. The maximum Gasteiger partial charge on any atom is 2.00 e. The number of nitrogens with zero attached hydrogens (tertiary/aromatic N) is 11. The van der Waals surface area contributed by atoms with Crippen molar-refractivity contribution in [3.63, 3.8) is 0 Å². The van der Waals surface area contributed by atoms with Gasteiger partial charge in [-0.3, -0.25) is 24.2 Å². The van der Waals surface area contributed by atoms with E-state index in [4.69, 9.17) is 63.8 Å². The fourth-order valence-corrected chi connectivity index (χ4v) is 15.2. The molecule has 1 radical (unpaired) electrons. The molecular formula is C75H65CuN11O8S4. The molecule has 8 bridgehead atoms. The zero-order chi connectivity index (χ0) is 67.5. The van der Waals surface area contributed by atoms with Crippen molar-refractivity contribution in [2.45, 2.75) is 66.9 Å². The van der Waals surface area contributed by atoms with Gasteiger partial charge in [-0.05, 0) is 129 Å². The van der Waals surface area contributed by atoms with E-state index in [-0.39, 0.29) is 28.9 Å². The molecule has 2 aliphatic rings. The van der Waals surface area contributed by atoms with Crippen molar-refractivity contribution >= 4 is 116 Å². The predicted molar refractivity (Wildman–Crippen MR) is 383 cm³/mol. The number of aldehydes is 2. The molecule has 6 heterocycles. The van der Waals surface area contributed by atoms with Crippen molar-refractivity contribution in [2.75, 3.05) is 79.0 Å². The number of carbonyl (C=O) groups is 4. The van der Waals surface area contributed by atoms with Gasteiger partial charge in [0.25, 0.3) is 11.8 Å². The van der Waals surface area contributed by atoms with Gasteiger partial charge in [-0.1, -0.05) is 108 Å². The standard InChI is InChI=1S/C75H65N11O8S4.Cu/c1-5-91-38-34-85(35-39-92-6-2)74(89)48-22-30-52(31-23-48)96-59-16-10-12-54-63(59)71-78-66(54)77-70-62-55(13-9-15-58(62)95-50-26-18-46(44-87)19-27-50)68(80-70)82-73-65-57(42-76-43-61(65)98-51-28-20-47(45-88)21-29-51)69(84-73)83-72-64-56(67(79-71)81-72)14-11-17-60(64)97-53-32-24-49(25-33-53)75(90)86(36-40-93-7-3)37-41-94-8-4;/h9-33,42-45H,5-8,34-41H2,1-4H3;/q-2;+2. The van der Waals surface area contributed by atoms with Crippen LogP contribution in [-0.4, -0.2) is 148 Å². The zero-order valence-corrected chi connectivity index (χ0v) is 58.6. The topological polar surface area (TPSA) is 230 Å². The molecule has 0 aliphatic carbocycles. The Morgan fingerprint density at radius 3 is 1.19 bits per heavy atom. The van der Waals surface area contributed by atoms with E-state index in [0.29, 0.717) is 191 Å². The first kappa shape index (κ1) is 70.0. The van der Waals surface area contributed by atoms with Gasteiger partial charge >= 0.3 is 17.1 Å². The number of hydrogen-bond donors (Lipinski definition) is 0. The molecule has 0 atom stereocenters. The average molecular weight is 1440 g/mol. The number of carbonyl (C=O) groups excluding carboxylic acids is 4. The Hall–Kier alpha value is -8.91. The van der Waals surface area contributed by atoms with E-state index in [1.54, 1.807) is 46.5 Å². The van der Waals surface area contributed by atoms with Crippen molar-refractivity contribution in [1.82, 2.24) is 54.7 Å². The van der Waals surface area contributed by atoms with E-state index in [0.717, 1.165) is 51.7 Å². The van der Waals surface area contributed by atoms with Crippen LogP contribution < -0.4 is 9.97 Å². The van der Waals surface area contributed by atoms with Crippen LogP contribution in [0.2, 0.25) is 0 Å². The van der Waals surface area contributed by atoms with Crippen LogP contribution in [0.3, 0.4) is 0 Å². The zero-order valence-electron chi connectivity index (χ0n) is 54.3. The van der Waals surface area contributed by atoms with E-state index in [1.807, 2.05) is 155 Å². The van der Waals surface area contributed by atoms with Gasteiger partial charge in [-0.25, -0.2) is 9.97 Å². The number of rotatable bonds is 28. The van der Waals surface area contributed by atoms with Crippen molar-refractivity contribution in [2.24, 2.45) is 0 Å². The molecular weight excluding hydrogens is 1370 g/mol. The molecule has 11 aromatic rings. The number of benzene rings is 7. The minimum atomic E-state index is -0.121. The Morgan fingerprint density at radius 1 is 0.404 bits per heavy atom. The summed E-state index contributed by atoms with van der Waals surface area (Å²) in [6, 6.07) is 47.7. The Labute approximate surface area is 599 Å². The molecule has 0 saturated carbocycles. The number of amides is 2. The van der Waals surface area contributed by atoms with Crippen LogP contribution in [0.1, 0.15) is 69.1 Å². The fourth-order valence-electron chi connectivity index (χ4n) is 11.3. The Balaban J connectivity index is 0.00000931. The number of pyridine rings is 1. The van der Waals surface area contributed by atoms with Gasteiger partial charge in [0, 0.05) is 182 Å². The summed E-state index contributed by atoms with van der Waals surface area (Å²) in [5.41, 5.74) is 6.21. The maximum absolute atomic E-state index is 14.0. The van der Waals surface area contributed by atoms with Gasteiger partial charge in [-0.15, -0.1) is 0 Å². The molecule has 24 heteroatoms. The summed E-state index contributed by atoms with van der Waals surface area (Å²) in [5, 5.41) is 2.79. The van der Waals surface area contributed by atoms with Gasteiger partial charge in [0.05, 0.1) is 49.7 Å². The Bertz CT molecular complexity index is 4930. The summed E-state index contributed by atoms with van der Waals surface area (Å²) in [7, 11) is 0. The molecule has 13 rings (SSSR count). The minimum absolute atomic E-state index is 0. The second-order valence-corrected chi connectivity index (χ2v) is 26.7. The number of fused-ring (bicyclic) bond motifs is 20. The van der Waals surface area contributed by atoms with Crippen LogP contribution in [0.15, 0.2) is 203 Å². The summed E-state index contributed by atoms with van der Waals surface area (Å²) < 4.78 is 22.6. The van der Waals surface area contributed by atoms with Crippen molar-refractivity contribution in [3.8, 4) is 45.6 Å². The van der Waals surface area contributed by atoms with Gasteiger partial charge in [0.15, 0.2) is 0 Å². The fraction of sp³-hybridized carbons (Fsp3) is 0.213. The molecule has 503 valence electrons. The smallest absolute Gasteiger partial charge is 0.380 e. The number of aromatic nitrogens is 9. The Kier molecular flexibility index (Phi) is 23.2. The third-order valence-electron chi connectivity index (χ3n) is 16.1. The first-order valence-electron chi connectivity index (χ1n) is 32.1. The summed E-state index contributed by atoms with van der Waals surface area (Å²) >= 11 is 5.97. The third kappa shape index (κ3) is 15.8. The Morgan fingerprint density at radius 2 is 0.768 bits per heavy atom. The molecule has 4 aromatic heterocycles. The summed E-state index contributed by atoms with van der Waals surface area (Å²) in [6.45, 7) is 13.3. The predicted octanol–water partition coefficient (Wildman–Crippen LogP) is 14.8. The van der Waals surface area contributed by atoms with Crippen LogP contribution in [0.25, 0.3) is 89.7 Å². The van der Waals surface area contributed by atoms with E-state index in [1.165, 1.54) is 47.0 Å². The van der Waals surface area contributed by atoms with Gasteiger partial charge in [-0.2, -0.15) is 0 Å². The van der Waals surface area contributed by atoms with Gasteiger partial charge < -0.3 is 58.7 Å². The number of hydrogen-bond acceptors (Lipinski definition) is 19. The monoisotopic (exact) mass is 1440 g/mol. The average Bonchev–Trinajstić information content (AvgIpc) is 1.60. The third-order valence-corrected chi connectivity index (χ3v) is 20.3. The molecule has 19 nitrogen and oxygen atoms in total. The van der Waals surface area contributed by atoms with E-state index >= 15 is 0 Å². The molecule has 2 aliphatic heterocycles. The minimum Gasteiger partial charge on any atom is -0.380 e. The van der Waals surface area contributed by atoms with Crippen molar-refractivity contribution in [1.29, 1.82) is 0 Å². The normalized spacial score (nSPS) is 11.5. The maximum atomic E-state index is 14.0. The van der Waals surface area contributed by atoms with Gasteiger partial charge in [0.1, 0.15) is 12.6 Å². The van der Waals surface area contributed by atoms with Crippen LogP contribution in [0.4, 0.5) is 0 Å². The van der Waals surface area contributed by atoms with Crippen molar-refractivity contribution in [3.05, 3.63) is 186 Å². The summed E-state index contributed by atoms with van der Waals surface area (Å²) in [4.78, 5) is 110. The van der Waals surface area contributed by atoms with Crippen LogP contribution in [0, 0.1) is 0 Å². The van der Waals surface area contributed by atoms with Gasteiger partial charge in [0.2, 0.25) is 0 Å². The largest absolute Gasteiger partial charge is 2.00 e. The second-order valence-electron chi connectivity index (χ2n) is 22.3. The van der Waals surface area contributed by atoms with Crippen LogP contribution in [-0.2, 0) is 36.0 Å². The molecule has 0 N–H and O–H groups in total. The molecule has 0 saturated heterocycles. The molecule has 0 fully saturated rings. The molecule has 99 heavy (non-hydrogen) atoms. The van der Waals surface area contributed by atoms with Crippen molar-refractivity contribution < 1.29 is 55.2 Å². The molecule has 7 aromatic carbocycles. The second kappa shape index (κ2) is 32.8. The first-order chi connectivity index (χ1) is 48.1. The summed E-state index contributed by atoms with van der Waals surface area (Å²) in [5.74, 6) is 1.08. The van der Waals surface area contributed by atoms with Crippen LogP contribution in [0.5, 0.6) is 0 Å².